The molecule has 0 unspecified atom stereocenters. The molecule has 0 amide bonds. The SMILES string of the molecule is [SiH3]C#C[SiH2]Nc1ccccc1. The van der Waals surface area contributed by atoms with Crippen molar-refractivity contribution in [3.8, 4) is 11.1 Å². The van der Waals surface area contributed by atoms with E-state index in [2.05, 4.69) is 28.2 Å². The second-order valence-electron chi connectivity index (χ2n) is 2.15. The van der Waals surface area contributed by atoms with Gasteiger partial charge in [-0.1, -0.05) is 18.2 Å². The molecule has 0 radical (unpaired) electrons. The van der Waals surface area contributed by atoms with Crippen LogP contribution in [0, 0.1) is 11.1 Å². The van der Waals surface area contributed by atoms with Crippen LogP contribution in [0.2, 0.25) is 0 Å². The van der Waals surface area contributed by atoms with Crippen LogP contribution in [0.3, 0.4) is 0 Å². The Morgan fingerprint density at radius 2 is 2.00 bits per heavy atom. The molecule has 11 heavy (non-hydrogen) atoms. The predicted molar refractivity (Wildman–Crippen MR) is 56.3 cm³/mol. The highest BCUT2D eigenvalue weighted by atomic mass is 28.2. The predicted octanol–water partition coefficient (Wildman–Crippen LogP) is -0.534. The fourth-order valence-corrected chi connectivity index (χ4v) is 2.03. The van der Waals surface area contributed by atoms with Crippen LogP contribution in [0.15, 0.2) is 30.3 Å². The second-order valence-corrected chi connectivity index (χ2v) is 3.71. The highest BCUT2D eigenvalue weighted by molar-refractivity contribution is 6.51. The molecule has 1 rings (SSSR count). The van der Waals surface area contributed by atoms with Gasteiger partial charge in [0.1, 0.15) is 0 Å². The van der Waals surface area contributed by atoms with Gasteiger partial charge in [0.2, 0.25) is 9.68 Å². The maximum Gasteiger partial charge on any atom is 0.202 e. The average Bonchev–Trinajstić information content (AvgIpc) is 2.07. The van der Waals surface area contributed by atoms with Gasteiger partial charge in [-0.3, -0.25) is 0 Å². The molecule has 1 N–H and O–H groups in total. The topological polar surface area (TPSA) is 12.0 Å². The van der Waals surface area contributed by atoms with E-state index in [0.29, 0.717) is 0 Å². The molecule has 0 aliphatic carbocycles. The van der Waals surface area contributed by atoms with Gasteiger partial charge in [-0.15, -0.1) is 11.1 Å². The van der Waals surface area contributed by atoms with Gasteiger partial charge in [0.15, 0.2) is 0 Å². The van der Waals surface area contributed by atoms with Gasteiger partial charge in [0.25, 0.3) is 0 Å². The fraction of sp³-hybridized carbons (Fsp3) is 0. The Morgan fingerprint density at radius 1 is 1.27 bits per heavy atom. The van der Waals surface area contributed by atoms with E-state index in [0.717, 1.165) is 10.2 Å². The summed E-state index contributed by atoms with van der Waals surface area (Å²) in [5, 5.41) is 0. The van der Waals surface area contributed by atoms with Crippen LogP contribution in [-0.2, 0) is 0 Å². The molecule has 0 heterocycles. The fourth-order valence-electron chi connectivity index (χ4n) is 0.791. The molecule has 0 aliphatic heterocycles. The first kappa shape index (κ1) is 8.11. The number of benzene rings is 1. The number of para-hydroxylation sites is 1. The quantitative estimate of drug-likeness (QED) is 0.473. The third-order valence-corrected chi connectivity index (χ3v) is 3.51. The summed E-state index contributed by atoms with van der Waals surface area (Å²) in [6, 6.07) is 10.2. The first-order chi connectivity index (χ1) is 5.43. The zero-order chi connectivity index (χ0) is 7.94. The van der Waals surface area contributed by atoms with Gasteiger partial charge < -0.3 is 4.98 Å². The summed E-state index contributed by atoms with van der Waals surface area (Å²) in [5.41, 5.74) is 7.36. The van der Waals surface area contributed by atoms with Crippen molar-refractivity contribution >= 4 is 25.6 Å². The number of anilines is 1. The summed E-state index contributed by atoms with van der Waals surface area (Å²) in [4.78, 5) is 3.33. The minimum Gasteiger partial charge on any atom is -0.406 e. The third kappa shape index (κ3) is 3.07. The van der Waals surface area contributed by atoms with Crippen LogP contribution in [0.5, 0.6) is 0 Å². The van der Waals surface area contributed by atoms with E-state index in [1.165, 1.54) is 5.69 Å². The van der Waals surface area contributed by atoms with Crippen molar-refractivity contribution in [2.75, 3.05) is 4.98 Å². The van der Waals surface area contributed by atoms with Crippen molar-refractivity contribution < 1.29 is 0 Å². The number of hydrogen-bond acceptors (Lipinski definition) is 1. The summed E-state index contributed by atoms with van der Waals surface area (Å²) in [5.74, 6) is 0. The Bertz CT molecular complexity index is 260. The zero-order valence-electron chi connectivity index (χ0n) is 6.59. The van der Waals surface area contributed by atoms with E-state index in [4.69, 9.17) is 0 Å². The lowest BCUT2D eigenvalue weighted by Gasteiger charge is -1.98. The summed E-state index contributed by atoms with van der Waals surface area (Å²) in [6.07, 6.45) is 0. The Kier molecular flexibility index (Phi) is 3.52. The Labute approximate surface area is 72.5 Å². The minimum absolute atomic E-state index is 0.363. The van der Waals surface area contributed by atoms with Crippen LogP contribution in [-0.4, -0.2) is 19.9 Å². The lowest BCUT2D eigenvalue weighted by atomic mass is 10.3. The van der Waals surface area contributed by atoms with Gasteiger partial charge in [0.05, 0.1) is 10.2 Å². The van der Waals surface area contributed by atoms with Gasteiger partial charge in [0, 0.05) is 5.69 Å². The summed E-state index contributed by atoms with van der Waals surface area (Å²) in [7, 11) is 0.636. The molecule has 0 atom stereocenters. The summed E-state index contributed by atoms with van der Waals surface area (Å²) < 4.78 is 0. The second kappa shape index (κ2) is 4.77. The van der Waals surface area contributed by atoms with E-state index in [1.807, 2.05) is 18.2 Å². The zero-order valence-corrected chi connectivity index (χ0v) is 10.0. The number of rotatable bonds is 2. The smallest absolute Gasteiger partial charge is 0.202 e. The van der Waals surface area contributed by atoms with Crippen LogP contribution in [0.4, 0.5) is 5.69 Å². The van der Waals surface area contributed by atoms with Crippen LogP contribution in [0.1, 0.15) is 0 Å². The van der Waals surface area contributed by atoms with Gasteiger partial charge >= 0.3 is 0 Å². The van der Waals surface area contributed by atoms with E-state index >= 15 is 0 Å². The molecule has 3 heteroatoms. The van der Waals surface area contributed by atoms with Crippen molar-refractivity contribution in [3.05, 3.63) is 30.3 Å². The van der Waals surface area contributed by atoms with Gasteiger partial charge in [-0.05, 0) is 12.1 Å². The van der Waals surface area contributed by atoms with Crippen molar-refractivity contribution in [2.24, 2.45) is 0 Å². The van der Waals surface area contributed by atoms with Crippen molar-refractivity contribution in [2.45, 2.75) is 0 Å². The Hall–Kier alpha value is -0.986. The normalized spacial score (nSPS) is 9.45. The van der Waals surface area contributed by atoms with Crippen molar-refractivity contribution in [1.29, 1.82) is 0 Å². The lowest BCUT2D eigenvalue weighted by Crippen LogP contribution is -2.02. The molecule has 0 saturated heterocycles. The summed E-state index contributed by atoms with van der Waals surface area (Å²) in [6.45, 7) is 0. The summed E-state index contributed by atoms with van der Waals surface area (Å²) >= 11 is 0. The monoisotopic (exact) mass is 177 g/mol. The molecular formula is C8H11NSi2. The lowest BCUT2D eigenvalue weighted by molar-refractivity contribution is 1.67. The van der Waals surface area contributed by atoms with E-state index in [9.17, 15) is 0 Å². The number of nitrogens with one attached hydrogen (secondary N) is 1. The molecule has 0 saturated carbocycles. The molecule has 0 aromatic heterocycles. The van der Waals surface area contributed by atoms with Crippen LogP contribution < -0.4 is 4.98 Å². The molecule has 1 nitrogen and oxygen atoms in total. The highest BCUT2D eigenvalue weighted by Gasteiger charge is 1.84. The van der Waals surface area contributed by atoms with Gasteiger partial charge in [-0.2, -0.15) is 0 Å². The standard InChI is InChI=1S/C8H11NSi2/c10-6-7-11-9-8-4-2-1-3-5-8/h1-5,9H,11H2,10H3. The Balaban J connectivity index is 2.43. The molecule has 0 aliphatic rings. The molecule has 0 spiro atoms. The van der Waals surface area contributed by atoms with Crippen molar-refractivity contribution in [3.63, 3.8) is 0 Å². The van der Waals surface area contributed by atoms with Crippen LogP contribution in [0.25, 0.3) is 0 Å². The first-order valence-electron chi connectivity index (χ1n) is 3.62. The Morgan fingerprint density at radius 3 is 2.64 bits per heavy atom. The maximum atomic E-state index is 3.33. The molecule has 56 valence electrons. The number of hydrogen-bond donors (Lipinski definition) is 1. The minimum atomic E-state index is -0.363. The van der Waals surface area contributed by atoms with Crippen molar-refractivity contribution in [1.82, 2.24) is 0 Å². The highest BCUT2D eigenvalue weighted by Crippen LogP contribution is 2.02. The van der Waals surface area contributed by atoms with E-state index in [1.54, 1.807) is 0 Å². The molecule has 0 fully saturated rings. The molecule has 0 bridgehead atoms. The largest absolute Gasteiger partial charge is 0.406 e. The third-order valence-electron chi connectivity index (χ3n) is 1.33. The molecule has 1 aromatic carbocycles. The average molecular weight is 177 g/mol. The van der Waals surface area contributed by atoms with E-state index < -0.39 is 0 Å². The first-order valence-corrected chi connectivity index (χ1v) is 6.03. The molecular weight excluding hydrogens is 166 g/mol. The van der Waals surface area contributed by atoms with Gasteiger partial charge in [-0.25, -0.2) is 0 Å². The van der Waals surface area contributed by atoms with E-state index in [-0.39, 0.29) is 9.68 Å². The maximum absolute atomic E-state index is 3.33. The molecule has 1 aromatic rings. The van der Waals surface area contributed by atoms with Crippen LogP contribution >= 0.6 is 0 Å².